The largest absolute Gasteiger partial charge is 0.444 e. The van der Waals surface area contributed by atoms with Crippen molar-refractivity contribution in [1.82, 2.24) is 10.1 Å². The summed E-state index contributed by atoms with van der Waals surface area (Å²) < 4.78 is 15.7. The number of ether oxygens (including phenoxy) is 2. The van der Waals surface area contributed by atoms with Gasteiger partial charge in [-0.1, -0.05) is 5.16 Å². The van der Waals surface area contributed by atoms with Crippen molar-refractivity contribution in [3.05, 3.63) is 11.8 Å². The molecule has 19 heavy (non-hydrogen) atoms. The number of nitrogens with zero attached hydrogens (tertiary/aromatic N) is 2. The van der Waals surface area contributed by atoms with Gasteiger partial charge in [0.1, 0.15) is 17.4 Å². The first kappa shape index (κ1) is 13.7. The van der Waals surface area contributed by atoms with Crippen LogP contribution in [0.5, 0.6) is 0 Å². The molecule has 7 nitrogen and oxygen atoms in total. The zero-order valence-corrected chi connectivity index (χ0v) is 11.4. The number of nitrogens with two attached hydrogens (primary N) is 1. The van der Waals surface area contributed by atoms with E-state index in [9.17, 15) is 4.79 Å². The van der Waals surface area contributed by atoms with Gasteiger partial charge in [0.2, 0.25) is 5.88 Å². The molecule has 0 saturated carbocycles. The Bertz CT molecular complexity index is 452. The molecule has 0 aromatic carbocycles. The minimum atomic E-state index is -0.511. The van der Waals surface area contributed by atoms with Gasteiger partial charge in [-0.25, -0.2) is 4.79 Å². The highest BCUT2D eigenvalue weighted by Crippen LogP contribution is 2.23. The maximum Gasteiger partial charge on any atom is 0.410 e. The highest BCUT2D eigenvalue weighted by atomic mass is 16.6. The fraction of sp³-hybridized carbons (Fsp3) is 0.667. The van der Waals surface area contributed by atoms with Crippen LogP contribution in [0.4, 0.5) is 10.7 Å². The van der Waals surface area contributed by atoms with Crippen LogP contribution in [0.15, 0.2) is 10.6 Å². The average Bonchev–Trinajstić information content (AvgIpc) is 2.74. The zero-order chi connectivity index (χ0) is 14.0. The average molecular weight is 269 g/mol. The van der Waals surface area contributed by atoms with E-state index in [0.717, 1.165) is 0 Å². The minimum Gasteiger partial charge on any atom is -0.444 e. The smallest absolute Gasteiger partial charge is 0.410 e. The van der Waals surface area contributed by atoms with Gasteiger partial charge >= 0.3 is 6.09 Å². The van der Waals surface area contributed by atoms with Crippen LogP contribution in [0.3, 0.4) is 0 Å². The molecule has 1 unspecified atom stereocenters. The van der Waals surface area contributed by atoms with E-state index in [1.165, 1.54) is 0 Å². The summed E-state index contributed by atoms with van der Waals surface area (Å²) in [6, 6.07) is 1.60. The molecule has 0 aliphatic carbocycles. The Balaban J connectivity index is 1.99. The number of morpholine rings is 1. The summed E-state index contributed by atoms with van der Waals surface area (Å²) >= 11 is 0. The molecule has 1 aromatic heterocycles. The van der Waals surface area contributed by atoms with Crippen molar-refractivity contribution in [2.75, 3.05) is 25.4 Å². The third-order valence-electron chi connectivity index (χ3n) is 2.59. The van der Waals surface area contributed by atoms with E-state index >= 15 is 0 Å². The number of aromatic nitrogens is 1. The van der Waals surface area contributed by atoms with E-state index in [1.807, 2.05) is 20.8 Å². The van der Waals surface area contributed by atoms with Crippen molar-refractivity contribution >= 4 is 12.0 Å². The Morgan fingerprint density at radius 1 is 1.58 bits per heavy atom. The number of carbonyl (C=O) groups excluding carboxylic acids is 1. The van der Waals surface area contributed by atoms with E-state index < -0.39 is 5.60 Å². The molecule has 2 rings (SSSR count). The summed E-state index contributed by atoms with van der Waals surface area (Å²) in [6.07, 6.45) is -0.681. The molecule has 1 atom stereocenters. The molecule has 1 aliphatic rings. The molecule has 106 valence electrons. The first-order chi connectivity index (χ1) is 8.85. The van der Waals surface area contributed by atoms with Crippen LogP contribution in [-0.4, -0.2) is 41.4 Å². The number of amides is 1. The Morgan fingerprint density at radius 2 is 2.32 bits per heavy atom. The zero-order valence-electron chi connectivity index (χ0n) is 11.4. The molecule has 1 fully saturated rings. The van der Waals surface area contributed by atoms with Gasteiger partial charge in [-0.05, 0) is 20.8 Å². The highest BCUT2D eigenvalue weighted by molar-refractivity contribution is 5.68. The Hall–Kier alpha value is -1.76. The lowest BCUT2D eigenvalue weighted by Gasteiger charge is -2.33. The predicted octanol–water partition coefficient (Wildman–Crippen LogP) is 1.57. The van der Waals surface area contributed by atoms with Gasteiger partial charge < -0.3 is 24.6 Å². The first-order valence-electron chi connectivity index (χ1n) is 6.17. The normalized spacial score (nSPS) is 20.4. The van der Waals surface area contributed by atoms with Gasteiger partial charge in [0, 0.05) is 12.6 Å². The van der Waals surface area contributed by atoms with Crippen molar-refractivity contribution in [1.29, 1.82) is 0 Å². The van der Waals surface area contributed by atoms with Crippen LogP contribution < -0.4 is 5.73 Å². The van der Waals surface area contributed by atoms with E-state index in [4.69, 9.17) is 19.7 Å². The van der Waals surface area contributed by atoms with Crippen molar-refractivity contribution in [2.45, 2.75) is 32.5 Å². The summed E-state index contributed by atoms with van der Waals surface area (Å²) in [4.78, 5) is 13.6. The summed E-state index contributed by atoms with van der Waals surface area (Å²) in [5.41, 5.74) is 5.55. The van der Waals surface area contributed by atoms with Gasteiger partial charge in [0.25, 0.3) is 0 Å². The molecule has 7 heteroatoms. The van der Waals surface area contributed by atoms with Gasteiger partial charge in [-0.15, -0.1) is 0 Å². The van der Waals surface area contributed by atoms with Crippen molar-refractivity contribution < 1.29 is 18.8 Å². The number of rotatable bonds is 1. The van der Waals surface area contributed by atoms with Crippen LogP contribution in [0.2, 0.25) is 0 Å². The lowest BCUT2D eigenvalue weighted by Crippen LogP contribution is -2.44. The number of anilines is 1. The molecular formula is C12H19N3O4. The maximum absolute atomic E-state index is 12.0. The van der Waals surface area contributed by atoms with Crippen LogP contribution >= 0.6 is 0 Å². The maximum atomic E-state index is 12.0. The number of hydrogen-bond acceptors (Lipinski definition) is 6. The molecule has 1 saturated heterocycles. The van der Waals surface area contributed by atoms with E-state index in [2.05, 4.69) is 5.16 Å². The third-order valence-corrected chi connectivity index (χ3v) is 2.59. The van der Waals surface area contributed by atoms with E-state index in [1.54, 1.807) is 11.0 Å². The Labute approximate surface area is 111 Å². The molecular weight excluding hydrogens is 250 g/mol. The predicted molar refractivity (Wildman–Crippen MR) is 67.4 cm³/mol. The highest BCUT2D eigenvalue weighted by Gasteiger charge is 2.30. The third kappa shape index (κ3) is 3.60. The topological polar surface area (TPSA) is 90.8 Å². The second kappa shape index (κ2) is 5.08. The molecule has 2 heterocycles. The van der Waals surface area contributed by atoms with Crippen LogP contribution in [0.1, 0.15) is 32.6 Å². The summed E-state index contributed by atoms with van der Waals surface area (Å²) in [5, 5.41) is 3.80. The van der Waals surface area contributed by atoms with Gasteiger partial charge in [0.05, 0.1) is 13.2 Å². The number of nitrogen functional groups attached to an aromatic ring is 1. The SMILES string of the molecule is CC(C)(C)OC(=O)N1CCOC(c2cc(N)on2)C1. The summed E-state index contributed by atoms with van der Waals surface area (Å²) in [6.45, 7) is 6.81. The minimum absolute atomic E-state index is 0.230. The van der Waals surface area contributed by atoms with Crippen molar-refractivity contribution in [3.63, 3.8) is 0 Å². The number of hydrogen-bond donors (Lipinski definition) is 1. The summed E-state index contributed by atoms with van der Waals surface area (Å²) in [7, 11) is 0. The standard InChI is InChI=1S/C12H19N3O4/c1-12(2,3)18-11(16)15-4-5-17-9(7-15)8-6-10(13)19-14-8/h6,9H,4-5,7,13H2,1-3H3. The molecule has 1 aliphatic heterocycles. The molecule has 0 bridgehead atoms. The van der Waals surface area contributed by atoms with E-state index in [-0.39, 0.29) is 18.1 Å². The van der Waals surface area contributed by atoms with Gasteiger partial charge in [-0.2, -0.15) is 0 Å². The van der Waals surface area contributed by atoms with E-state index in [0.29, 0.717) is 25.4 Å². The fourth-order valence-electron chi connectivity index (χ4n) is 1.78. The van der Waals surface area contributed by atoms with Gasteiger partial charge in [0.15, 0.2) is 0 Å². The van der Waals surface area contributed by atoms with Crippen LogP contribution in [-0.2, 0) is 9.47 Å². The quantitative estimate of drug-likeness (QED) is 0.832. The molecule has 2 N–H and O–H groups in total. The van der Waals surface area contributed by atoms with Crippen LogP contribution in [0, 0.1) is 0 Å². The second-order valence-electron chi connectivity index (χ2n) is 5.44. The Morgan fingerprint density at radius 3 is 2.89 bits per heavy atom. The van der Waals surface area contributed by atoms with Crippen LogP contribution in [0.25, 0.3) is 0 Å². The summed E-state index contributed by atoms with van der Waals surface area (Å²) in [5.74, 6) is 0.230. The monoisotopic (exact) mass is 269 g/mol. The molecule has 1 amide bonds. The Kier molecular flexibility index (Phi) is 3.66. The molecule has 0 radical (unpaired) electrons. The fourth-order valence-corrected chi connectivity index (χ4v) is 1.78. The molecule has 1 aromatic rings. The lowest BCUT2D eigenvalue weighted by molar-refractivity contribution is -0.0455. The number of carbonyl (C=O) groups is 1. The second-order valence-corrected chi connectivity index (χ2v) is 5.44. The van der Waals surface area contributed by atoms with Crippen molar-refractivity contribution in [3.8, 4) is 0 Å². The first-order valence-corrected chi connectivity index (χ1v) is 6.17. The lowest BCUT2D eigenvalue weighted by atomic mass is 10.2. The van der Waals surface area contributed by atoms with Gasteiger partial charge in [-0.3, -0.25) is 0 Å². The molecule has 0 spiro atoms. The van der Waals surface area contributed by atoms with Crippen molar-refractivity contribution in [2.24, 2.45) is 0 Å².